The Kier molecular flexibility index (Phi) is 5.61. The molecule has 2 aromatic carbocycles. The summed E-state index contributed by atoms with van der Waals surface area (Å²) < 4.78 is 0.787. The van der Waals surface area contributed by atoms with Crippen LogP contribution in [0.2, 0.25) is 0 Å². The summed E-state index contributed by atoms with van der Waals surface area (Å²) in [6, 6.07) is 10.8. The Labute approximate surface area is 180 Å². The van der Waals surface area contributed by atoms with E-state index >= 15 is 0 Å². The summed E-state index contributed by atoms with van der Waals surface area (Å²) in [4.78, 5) is 56.1. The van der Waals surface area contributed by atoms with Gasteiger partial charge in [-0.15, -0.1) is 0 Å². The Morgan fingerprint density at radius 2 is 1.66 bits per heavy atom. The van der Waals surface area contributed by atoms with E-state index in [0.29, 0.717) is 11.1 Å². The number of aromatic nitrogens is 3. The molecule has 5 N–H and O–H groups in total. The molecule has 0 radical (unpaired) electrons. The van der Waals surface area contributed by atoms with Crippen LogP contribution in [-0.4, -0.2) is 49.3 Å². The Morgan fingerprint density at radius 1 is 1.00 bits per heavy atom. The molecule has 2 atom stereocenters. The van der Waals surface area contributed by atoms with E-state index in [0.717, 1.165) is 15.5 Å². The number of nitrogens with one attached hydrogen (secondary N) is 3. The molecular weight excluding hydrogens is 416 g/mol. The lowest BCUT2D eigenvalue weighted by molar-refractivity contribution is -0.143. The van der Waals surface area contributed by atoms with Crippen molar-refractivity contribution >= 4 is 33.7 Å². The zero-order chi connectivity index (χ0) is 22.8. The minimum absolute atomic E-state index is 0.0606. The number of carboxylic acid groups (broad SMARTS) is 1. The van der Waals surface area contributed by atoms with E-state index < -0.39 is 41.8 Å². The highest BCUT2D eigenvalue weighted by Crippen LogP contribution is 2.22. The maximum atomic E-state index is 13.2. The zero-order valence-corrected chi connectivity index (χ0v) is 16.7. The number of para-hydroxylation sites is 2. The van der Waals surface area contributed by atoms with Gasteiger partial charge in [-0.05, 0) is 23.8 Å². The number of carbonyl (C=O) groups is 2. The number of amides is 1. The van der Waals surface area contributed by atoms with Gasteiger partial charge in [-0.3, -0.25) is 9.59 Å². The zero-order valence-electron chi connectivity index (χ0n) is 16.7. The van der Waals surface area contributed by atoms with Gasteiger partial charge < -0.3 is 25.5 Å². The maximum Gasteiger partial charge on any atom is 0.329 e. The second kappa shape index (κ2) is 8.52. The van der Waals surface area contributed by atoms with Crippen LogP contribution in [-0.2, 0) is 16.0 Å². The van der Waals surface area contributed by atoms with Crippen molar-refractivity contribution in [1.29, 1.82) is 0 Å². The number of nitrogens with zero attached hydrogens (tertiary/aromatic N) is 1. The number of H-pyrrole nitrogens is 2. The van der Waals surface area contributed by atoms with Crippen LogP contribution >= 0.6 is 0 Å². The number of hydrogen-bond donors (Lipinski definition) is 5. The molecule has 0 aliphatic carbocycles. The number of benzene rings is 2. The van der Waals surface area contributed by atoms with Crippen LogP contribution in [0.5, 0.6) is 0 Å². The third kappa shape index (κ3) is 3.79. The fourth-order valence-corrected chi connectivity index (χ4v) is 3.72. The average molecular weight is 436 g/mol. The number of aliphatic hydroxyl groups is 1. The molecule has 0 spiro atoms. The highest BCUT2D eigenvalue weighted by Gasteiger charge is 2.29. The van der Waals surface area contributed by atoms with Gasteiger partial charge in [0.2, 0.25) is 5.91 Å². The molecule has 0 unspecified atom stereocenters. The molecule has 0 bridgehead atoms. The van der Waals surface area contributed by atoms with Crippen molar-refractivity contribution in [3.8, 4) is 0 Å². The van der Waals surface area contributed by atoms with E-state index in [1.165, 1.54) is 6.07 Å². The van der Waals surface area contributed by atoms with Crippen LogP contribution in [0.1, 0.15) is 11.6 Å². The van der Waals surface area contributed by atoms with Crippen LogP contribution in [0.3, 0.4) is 0 Å². The van der Waals surface area contributed by atoms with Gasteiger partial charge in [0, 0.05) is 23.5 Å². The van der Waals surface area contributed by atoms with Gasteiger partial charge in [-0.2, -0.15) is 0 Å². The van der Waals surface area contributed by atoms with Gasteiger partial charge in [0.15, 0.2) is 0 Å². The topological polar surface area (TPSA) is 157 Å². The molecule has 32 heavy (non-hydrogen) atoms. The molecule has 0 aliphatic rings. The molecule has 4 rings (SSSR count). The van der Waals surface area contributed by atoms with Crippen molar-refractivity contribution in [2.75, 3.05) is 6.61 Å². The predicted octanol–water partition coefficient (Wildman–Crippen LogP) is 0.517. The molecule has 2 heterocycles. The molecule has 4 aromatic rings. The van der Waals surface area contributed by atoms with Crippen molar-refractivity contribution in [2.24, 2.45) is 0 Å². The lowest BCUT2D eigenvalue weighted by Crippen LogP contribution is -2.50. The molecule has 0 fully saturated rings. The minimum Gasteiger partial charge on any atom is -0.480 e. The summed E-state index contributed by atoms with van der Waals surface area (Å²) in [6.07, 6.45) is 1.61. The fourth-order valence-electron chi connectivity index (χ4n) is 3.72. The van der Waals surface area contributed by atoms with Crippen LogP contribution in [0.15, 0.2) is 64.3 Å². The largest absolute Gasteiger partial charge is 0.480 e. The van der Waals surface area contributed by atoms with Crippen LogP contribution in [0.4, 0.5) is 0 Å². The summed E-state index contributed by atoms with van der Waals surface area (Å²) in [5, 5.41) is 21.7. The van der Waals surface area contributed by atoms with E-state index in [2.05, 4.69) is 15.3 Å². The van der Waals surface area contributed by atoms with Gasteiger partial charge in [0.25, 0.3) is 5.56 Å². The number of aromatic amines is 2. The van der Waals surface area contributed by atoms with E-state index in [1.807, 2.05) is 24.3 Å². The molecule has 10 heteroatoms. The highest BCUT2D eigenvalue weighted by molar-refractivity contribution is 5.88. The number of hydrogen-bond acceptors (Lipinski definition) is 5. The molecular formula is C22H20N4O6. The van der Waals surface area contributed by atoms with Crippen LogP contribution in [0.25, 0.3) is 21.8 Å². The second-order valence-corrected chi connectivity index (χ2v) is 7.31. The summed E-state index contributed by atoms with van der Waals surface area (Å²) in [5.41, 5.74) is 0.310. The molecule has 164 valence electrons. The van der Waals surface area contributed by atoms with E-state index in [4.69, 9.17) is 0 Å². The molecule has 10 nitrogen and oxygen atoms in total. The standard InChI is InChI=1S/C22H20N4O6/c27-11-17(21(30)31)24-19(28)18(9-12-10-23-15-7-3-1-5-13(12)15)26-20(29)14-6-2-4-8-16(14)25-22(26)32/h1-8,10,17-18,23,27H,9,11H2,(H,24,28)(H,25,32)(H,30,31)/t17-,18-/m0/s1. The van der Waals surface area contributed by atoms with Gasteiger partial charge >= 0.3 is 11.7 Å². The first-order chi connectivity index (χ1) is 15.4. The first-order valence-corrected chi connectivity index (χ1v) is 9.83. The van der Waals surface area contributed by atoms with Gasteiger partial charge in [0.1, 0.15) is 12.1 Å². The number of aliphatic carboxylic acids is 1. The predicted molar refractivity (Wildman–Crippen MR) is 117 cm³/mol. The minimum atomic E-state index is -1.58. The van der Waals surface area contributed by atoms with E-state index in [9.17, 15) is 29.4 Å². The van der Waals surface area contributed by atoms with Crippen LogP contribution < -0.4 is 16.6 Å². The highest BCUT2D eigenvalue weighted by atomic mass is 16.4. The number of carbonyl (C=O) groups excluding carboxylic acids is 1. The average Bonchev–Trinajstić information content (AvgIpc) is 3.19. The molecule has 1 amide bonds. The summed E-state index contributed by atoms with van der Waals surface area (Å²) in [7, 11) is 0. The SMILES string of the molecule is O=C(O)[C@H](CO)NC(=O)[C@H](Cc1c[nH]c2ccccc12)n1c(=O)[nH]c2ccccc2c1=O. The normalized spacial score (nSPS) is 13.2. The van der Waals surface area contributed by atoms with Crippen molar-refractivity contribution in [1.82, 2.24) is 19.9 Å². The fraction of sp³-hybridized carbons (Fsp3) is 0.182. The van der Waals surface area contributed by atoms with E-state index in [1.54, 1.807) is 24.4 Å². The molecule has 0 aliphatic heterocycles. The number of fused-ring (bicyclic) bond motifs is 2. The van der Waals surface area contributed by atoms with Crippen molar-refractivity contribution in [3.63, 3.8) is 0 Å². The van der Waals surface area contributed by atoms with Crippen molar-refractivity contribution in [3.05, 3.63) is 81.1 Å². The Bertz CT molecular complexity index is 1430. The van der Waals surface area contributed by atoms with Crippen LogP contribution in [0, 0.1) is 0 Å². The Hall–Kier alpha value is -4.18. The lowest BCUT2D eigenvalue weighted by atomic mass is 10.0. The van der Waals surface area contributed by atoms with Gasteiger partial charge in [-0.1, -0.05) is 30.3 Å². The first kappa shape index (κ1) is 21.1. The first-order valence-electron chi connectivity index (χ1n) is 9.83. The quantitative estimate of drug-likeness (QED) is 0.284. The Balaban J connectivity index is 1.85. The van der Waals surface area contributed by atoms with Gasteiger partial charge in [0.05, 0.1) is 17.5 Å². The van der Waals surface area contributed by atoms with E-state index in [-0.39, 0.29) is 11.8 Å². The monoisotopic (exact) mass is 436 g/mol. The summed E-state index contributed by atoms with van der Waals surface area (Å²) in [5.74, 6) is -2.31. The molecule has 0 saturated heterocycles. The summed E-state index contributed by atoms with van der Waals surface area (Å²) in [6.45, 7) is -0.843. The number of carboxylic acids is 1. The van der Waals surface area contributed by atoms with Crippen molar-refractivity contribution in [2.45, 2.75) is 18.5 Å². The number of rotatable bonds is 7. The molecule has 2 aromatic heterocycles. The third-order valence-corrected chi connectivity index (χ3v) is 5.34. The Morgan fingerprint density at radius 3 is 2.34 bits per heavy atom. The van der Waals surface area contributed by atoms with Gasteiger partial charge in [-0.25, -0.2) is 14.2 Å². The number of aliphatic hydroxyl groups excluding tert-OH is 1. The van der Waals surface area contributed by atoms with Crippen molar-refractivity contribution < 1.29 is 19.8 Å². The molecule has 0 saturated carbocycles. The maximum absolute atomic E-state index is 13.2. The summed E-state index contributed by atoms with van der Waals surface area (Å²) >= 11 is 0. The second-order valence-electron chi connectivity index (χ2n) is 7.31. The third-order valence-electron chi connectivity index (χ3n) is 5.34. The lowest BCUT2D eigenvalue weighted by Gasteiger charge is -2.21. The smallest absolute Gasteiger partial charge is 0.329 e.